The Kier molecular flexibility index (Phi) is 5.06. The topological polar surface area (TPSA) is 58.6 Å². The van der Waals surface area contributed by atoms with Crippen LogP contribution in [-0.4, -0.2) is 24.2 Å². The van der Waals surface area contributed by atoms with Crippen LogP contribution in [0.2, 0.25) is 5.02 Å². The van der Waals surface area contributed by atoms with Crippen LogP contribution in [0, 0.1) is 6.92 Å². The molecule has 0 fully saturated rings. The van der Waals surface area contributed by atoms with E-state index in [0.29, 0.717) is 18.8 Å². The summed E-state index contributed by atoms with van der Waals surface area (Å²) in [5.41, 5.74) is 1.70. The highest BCUT2D eigenvalue weighted by atomic mass is 35.5. The van der Waals surface area contributed by atoms with Crippen molar-refractivity contribution in [1.82, 2.24) is 0 Å². The molecule has 21 heavy (non-hydrogen) atoms. The van der Waals surface area contributed by atoms with E-state index in [9.17, 15) is 4.79 Å². The van der Waals surface area contributed by atoms with Gasteiger partial charge in [-0.05, 0) is 36.8 Å². The molecule has 0 aliphatic heterocycles. The van der Waals surface area contributed by atoms with Crippen molar-refractivity contribution in [3.05, 3.63) is 58.6 Å². The van der Waals surface area contributed by atoms with Crippen molar-refractivity contribution >= 4 is 23.3 Å². The number of carboxylic acids is 1. The normalized spacial score (nSPS) is 10.2. The van der Waals surface area contributed by atoms with E-state index in [-0.39, 0.29) is 10.6 Å². The maximum Gasteiger partial charge on any atom is 0.339 e. The Morgan fingerprint density at radius 2 is 2.05 bits per heavy atom. The number of ether oxygens (including phenoxy) is 1. The van der Waals surface area contributed by atoms with E-state index >= 15 is 0 Å². The molecule has 2 rings (SSSR count). The summed E-state index contributed by atoms with van der Waals surface area (Å²) in [6.45, 7) is 2.90. The number of carbonyl (C=O) groups is 1. The van der Waals surface area contributed by atoms with Crippen molar-refractivity contribution in [2.24, 2.45) is 0 Å². The number of halogens is 1. The van der Waals surface area contributed by atoms with Gasteiger partial charge in [-0.25, -0.2) is 4.79 Å². The summed E-state index contributed by atoms with van der Waals surface area (Å²) in [4.78, 5) is 11.2. The lowest BCUT2D eigenvalue weighted by molar-refractivity contribution is 0.0698. The maximum absolute atomic E-state index is 11.2. The Labute approximate surface area is 128 Å². The highest BCUT2D eigenvalue weighted by Gasteiger charge is 2.13. The highest BCUT2D eigenvalue weighted by molar-refractivity contribution is 6.34. The summed E-state index contributed by atoms with van der Waals surface area (Å²) in [6, 6.07) is 12.7. The molecule has 4 nitrogen and oxygen atoms in total. The number of nitrogens with one attached hydrogen (secondary N) is 1. The molecule has 0 saturated carbocycles. The van der Waals surface area contributed by atoms with Crippen LogP contribution in [0.15, 0.2) is 42.5 Å². The van der Waals surface area contributed by atoms with E-state index < -0.39 is 5.97 Å². The second-order valence-corrected chi connectivity index (χ2v) is 4.97. The lowest BCUT2D eigenvalue weighted by atomic mass is 10.2. The summed E-state index contributed by atoms with van der Waals surface area (Å²) < 4.78 is 5.60. The minimum absolute atomic E-state index is 0.0784. The molecule has 0 radical (unpaired) electrons. The van der Waals surface area contributed by atoms with E-state index in [1.165, 1.54) is 0 Å². The second-order valence-electron chi connectivity index (χ2n) is 4.56. The Bertz CT molecular complexity index is 643. The Morgan fingerprint density at radius 1 is 1.29 bits per heavy atom. The molecule has 5 heteroatoms. The van der Waals surface area contributed by atoms with Crippen molar-refractivity contribution in [2.75, 3.05) is 18.5 Å². The van der Waals surface area contributed by atoms with Gasteiger partial charge in [-0.3, -0.25) is 0 Å². The number of benzene rings is 2. The van der Waals surface area contributed by atoms with E-state index in [1.807, 2.05) is 31.2 Å². The minimum atomic E-state index is -1.05. The fraction of sp³-hybridized carbons (Fsp3) is 0.188. The van der Waals surface area contributed by atoms with Gasteiger partial charge in [0, 0.05) is 6.54 Å². The summed E-state index contributed by atoms with van der Waals surface area (Å²) in [7, 11) is 0. The molecule has 0 unspecified atom stereocenters. The summed E-state index contributed by atoms with van der Waals surface area (Å²) >= 11 is 5.90. The van der Waals surface area contributed by atoms with Gasteiger partial charge in [0.05, 0.1) is 10.7 Å². The third kappa shape index (κ3) is 4.13. The smallest absolute Gasteiger partial charge is 0.339 e. The number of anilines is 1. The molecule has 2 N–H and O–H groups in total. The molecule has 0 aliphatic carbocycles. The van der Waals surface area contributed by atoms with E-state index in [2.05, 4.69) is 5.32 Å². The van der Waals surface area contributed by atoms with Gasteiger partial charge in [0.1, 0.15) is 17.9 Å². The molecule has 0 atom stereocenters. The van der Waals surface area contributed by atoms with Crippen molar-refractivity contribution in [2.45, 2.75) is 6.92 Å². The van der Waals surface area contributed by atoms with E-state index in [1.54, 1.807) is 18.2 Å². The van der Waals surface area contributed by atoms with E-state index in [0.717, 1.165) is 11.3 Å². The predicted molar refractivity (Wildman–Crippen MR) is 83.6 cm³/mol. The Hall–Kier alpha value is -2.20. The van der Waals surface area contributed by atoms with Crippen molar-refractivity contribution in [3.63, 3.8) is 0 Å². The van der Waals surface area contributed by atoms with Crippen LogP contribution in [0.25, 0.3) is 0 Å². The molecule has 0 aliphatic rings. The zero-order valence-electron chi connectivity index (χ0n) is 11.6. The first-order valence-electron chi connectivity index (χ1n) is 6.53. The molecular formula is C16H16ClNO3. The quantitative estimate of drug-likeness (QED) is 0.796. The third-order valence-electron chi connectivity index (χ3n) is 2.90. The van der Waals surface area contributed by atoms with Crippen LogP contribution in [0.5, 0.6) is 5.75 Å². The molecular weight excluding hydrogens is 290 g/mol. The number of aryl methyl sites for hydroxylation is 1. The van der Waals surface area contributed by atoms with Crippen LogP contribution in [0.1, 0.15) is 15.9 Å². The SMILES string of the molecule is Cc1cccc(OCCNc2cccc(Cl)c2C(=O)O)c1. The largest absolute Gasteiger partial charge is 0.492 e. The minimum Gasteiger partial charge on any atom is -0.492 e. The van der Waals surface area contributed by atoms with Crippen molar-refractivity contribution < 1.29 is 14.6 Å². The standard InChI is InChI=1S/C16H16ClNO3/c1-11-4-2-5-12(10-11)21-9-8-18-14-7-3-6-13(17)15(14)16(19)20/h2-7,10,18H,8-9H2,1H3,(H,19,20). The lowest BCUT2D eigenvalue weighted by Crippen LogP contribution is -2.14. The van der Waals surface area contributed by atoms with Crippen LogP contribution < -0.4 is 10.1 Å². The van der Waals surface area contributed by atoms with Gasteiger partial charge in [-0.2, -0.15) is 0 Å². The van der Waals surface area contributed by atoms with Gasteiger partial charge < -0.3 is 15.2 Å². The van der Waals surface area contributed by atoms with Crippen LogP contribution >= 0.6 is 11.6 Å². The second kappa shape index (κ2) is 6.99. The number of hydrogen-bond acceptors (Lipinski definition) is 3. The fourth-order valence-electron chi connectivity index (χ4n) is 1.95. The lowest BCUT2D eigenvalue weighted by Gasteiger charge is -2.11. The van der Waals surface area contributed by atoms with Gasteiger partial charge in [-0.1, -0.05) is 29.8 Å². The molecule has 0 saturated heterocycles. The fourth-order valence-corrected chi connectivity index (χ4v) is 2.20. The van der Waals surface area contributed by atoms with Crippen molar-refractivity contribution in [3.8, 4) is 5.75 Å². The van der Waals surface area contributed by atoms with Crippen LogP contribution in [0.4, 0.5) is 5.69 Å². The molecule has 0 aromatic heterocycles. The first-order chi connectivity index (χ1) is 10.1. The third-order valence-corrected chi connectivity index (χ3v) is 3.22. The predicted octanol–water partition coefficient (Wildman–Crippen LogP) is 3.84. The average Bonchev–Trinajstić information content (AvgIpc) is 2.43. The molecule has 0 amide bonds. The monoisotopic (exact) mass is 305 g/mol. The summed E-state index contributed by atoms with van der Waals surface area (Å²) in [5.74, 6) is -0.260. The molecule has 2 aromatic carbocycles. The Morgan fingerprint density at radius 3 is 2.76 bits per heavy atom. The maximum atomic E-state index is 11.2. The first kappa shape index (κ1) is 15.2. The first-order valence-corrected chi connectivity index (χ1v) is 6.91. The molecule has 0 spiro atoms. The van der Waals surface area contributed by atoms with Gasteiger partial charge in [0.25, 0.3) is 0 Å². The van der Waals surface area contributed by atoms with Crippen molar-refractivity contribution in [1.29, 1.82) is 0 Å². The number of hydrogen-bond donors (Lipinski definition) is 2. The van der Waals surface area contributed by atoms with Gasteiger partial charge in [0.15, 0.2) is 0 Å². The van der Waals surface area contributed by atoms with E-state index in [4.69, 9.17) is 21.4 Å². The summed E-state index contributed by atoms with van der Waals surface area (Å²) in [5, 5.41) is 12.4. The molecule has 0 bridgehead atoms. The number of rotatable bonds is 6. The zero-order chi connectivity index (χ0) is 15.2. The Balaban J connectivity index is 1.92. The molecule has 0 heterocycles. The van der Waals surface area contributed by atoms with Gasteiger partial charge in [0.2, 0.25) is 0 Å². The highest BCUT2D eigenvalue weighted by Crippen LogP contribution is 2.24. The van der Waals surface area contributed by atoms with Crippen LogP contribution in [-0.2, 0) is 0 Å². The zero-order valence-corrected chi connectivity index (χ0v) is 12.4. The molecule has 2 aromatic rings. The average molecular weight is 306 g/mol. The number of carboxylic acid groups (broad SMARTS) is 1. The van der Waals surface area contributed by atoms with Gasteiger partial charge >= 0.3 is 5.97 Å². The summed E-state index contributed by atoms with van der Waals surface area (Å²) in [6.07, 6.45) is 0. The van der Waals surface area contributed by atoms with Crippen LogP contribution in [0.3, 0.4) is 0 Å². The van der Waals surface area contributed by atoms with Gasteiger partial charge in [-0.15, -0.1) is 0 Å². The number of aromatic carboxylic acids is 1. The molecule has 110 valence electrons.